The summed E-state index contributed by atoms with van der Waals surface area (Å²) in [7, 11) is 0. The maximum atomic E-state index is 12.7. The summed E-state index contributed by atoms with van der Waals surface area (Å²) in [4.78, 5) is 19.1. The number of amides is 1. The molecule has 3 aromatic rings. The number of thiazole rings is 1. The lowest BCUT2D eigenvalue weighted by atomic mass is 9.81. The van der Waals surface area contributed by atoms with E-state index in [0.717, 1.165) is 37.0 Å². The first-order valence-electron chi connectivity index (χ1n) is 7.65. The number of carbonyl (C=O) groups is 1. The minimum Gasteiger partial charge on any atom is -0.339 e. The standard InChI is InChI=1S/C16H17N5OS/c1-16(15-17-6-9-23-15)4-7-21(8-5-16)14(22)11-2-3-12-13(10-11)19-20-18-12/h2-3,6,9-10H,4-5,7-8H2,1H3,(H,18,19,20). The van der Waals surface area contributed by atoms with Gasteiger partial charge in [0.15, 0.2) is 0 Å². The molecule has 0 atom stereocenters. The Kier molecular flexibility index (Phi) is 3.37. The van der Waals surface area contributed by atoms with E-state index in [9.17, 15) is 4.79 Å². The van der Waals surface area contributed by atoms with E-state index in [2.05, 4.69) is 27.3 Å². The molecule has 1 aliphatic heterocycles. The number of hydrogen-bond acceptors (Lipinski definition) is 5. The summed E-state index contributed by atoms with van der Waals surface area (Å²) < 4.78 is 0. The Morgan fingerprint density at radius 1 is 1.26 bits per heavy atom. The van der Waals surface area contributed by atoms with Crippen LogP contribution >= 0.6 is 11.3 Å². The van der Waals surface area contributed by atoms with Gasteiger partial charge in [0.1, 0.15) is 11.0 Å². The second-order valence-electron chi connectivity index (χ2n) is 6.22. The van der Waals surface area contributed by atoms with E-state index < -0.39 is 0 Å². The van der Waals surface area contributed by atoms with Crippen LogP contribution in [0.1, 0.15) is 35.1 Å². The van der Waals surface area contributed by atoms with Crippen LogP contribution in [0.15, 0.2) is 29.8 Å². The van der Waals surface area contributed by atoms with Gasteiger partial charge in [-0.3, -0.25) is 4.79 Å². The van der Waals surface area contributed by atoms with Crippen molar-refractivity contribution in [2.24, 2.45) is 0 Å². The summed E-state index contributed by atoms with van der Waals surface area (Å²) >= 11 is 1.70. The number of H-pyrrole nitrogens is 1. The van der Waals surface area contributed by atoms with Crippen LogP contribution in [0.25, 0.3) is 11.0 Å². The van der Waals surface area contributed by atoms with Crippen molar-refractivity contribution in [3.63, 3.8) is 0 Å². The Morgan fingerprint density at radius 2 is 2.04 bits per heavy atom. The molecule has 1 N–H and O–H groups in total. The van der Waals surface area contributed by atoms with Gasteiger partial charge in [-0.1, -0.05) is 6.92 Å². The highest BCUT2D eigenvalue weighted by Gasteiger charge is 2.35. The van der Waals surface area contributed by atoms with Gasteiger partial charge < -0.3 is 4.90 Å². The van der Waals surface area contributed by atoms with Crippen LogP contribution in [-0.4, -0.2) is 44.3 Å². The van der Waals surface area contributed by atoms with E-state index in [1.807, 2.05) is 28.6 Å². The summed E-state index contributed by atoms with van der Waals surface area (Å²) in [6, 6.07) is 5.45. The van der Waals surface area contributed by atoms with Crippen molar-refractivity contribution in [2.75, 3.05) is 13.1 Å². The van der Waals surface area contributed by atoms with Gasteiger partial charge in [-0.15, -0.1) is 11.3 Å². The van der Waals surface area contributed by atoms with E-state index in [-0.39, 0.29) is 11.3 Å². The minimum absolute atomic E-state index is 0.0658. The zero-order chi connectivity index (χ0) is 15.9. The molecule has 2 aromatic heterocycles. The van der Waals surface area contributed by atoms with Gasteiger partial charge in [0.2, 0.25) is 0 Å². The Bertz CT molecular complexity index is 833. The van der Waals surface area contributed by atoms with Crippen LogP contribution in [0, 0.1) is 0 Å². The minimum atomic E-state index is 0.0658. The molecule has 1 aromatic carbocycles. The highest BCUT2D eigenvalue weighted by Crippen LogP contribution is 2.36. The number of rotatable bonds is 2. The average Bonchev–Trinajstić information content (AvgIpc) is 3.26. The molecule has 7 heteroatoms. The molecule has 0 unspecified atom stereocenters. The van der Waals surface area contributed by atoms with Crippen LogP contribution in [-0.2, 0) is 5.41 Å². The van der Waals surface area contributed by atoms with Gasteiger partial charge >= 0.3 is 0 Å². The van der Waals surface area contributed by atoms with Crippen LogP contribution in [0.3, 0.4) is 0 Å². The maximum absolute atomic E-state index is 12.7. The molecule has 0 radical (unpaired) electrons. The third kappa shape index (κ3) is 2.50. The number of piperidine rings is 1. The number of aromatic amines is 1. The van der Waals surface area contributed by atoms with E-state index in [0.29, 0.717) is 5.56 Å². The number of hydrogen-bond donors (Lipinski definition) is 1. The molecule has 0 aliphatic carbocycles. The number of likely N-dealkylation sites (tertiary alicyclic amines) is 1. The Labute approximate surface area is 137 Å². The Morgan fingerprint density at radius 3 is 2.78 bits per heavy atom. The average molecular weight is 327 g/mol. The molecule has 118 valence electrons. The maximum Gasteiger partial charge on any atom is 0.253 e. The van der Waals surface area contributed by atoms with Crippen LogP contribution in [0.5, 0.6) is 0 Å². The van der Waals surface area contributed by atoms with E-state index in [4.69, 9.17) is 0 Å². The normalized spacial score (nSPS) is 17.5. The molecule has 0 spiro atoms. The van der Waals surface area contributed by atoms with Gasteiger partial charge in [0, 0.05) is 35.6 Å². The van der Waals surface area contributed by atoms with Crippen LogP contribution in [0.4, 0.5) is 0 Å². The molecular formula is C16H17N5OS. The predicted molar refractivity (Wildman–Crippen MR) is 88.5 cm³/mol. The number of carbonyl (C=O) groups excluding carboxylic acids is 1. The number of benzene rings is 1. The molecule has 6 nitrogen and oxygen atoms in total. The quantitative estimate of drug-likeness (QED) is 0.785. The van der Waals surface area contributed by atoms with Gasteiger partial charge in [-0.2, -0.15) is 15.4 Å². The molecule has 1 saturated heterocycles. The molecule has 0 bridgehead atoms. The molecule has 1 amide bonds. The lowest BCUT2D eigenvalue weighted by Gasteiger charge is -2.38. The topological polar surface area (TPSA) is 74.8 Å². The number of fused-ring (bicyclic) bond motifs is 1. The summed E-state index contributed by atoms with van der Waals surface area (Å²) in [5.41, 5.74) is 2.25. The number of nitrogens with zero attached hydrogens (tertiary/aromatic N) is 4. The zero-order valence-corrected chi connectivity index (χ0v) is 13.6. The van der Waals surface area contributed by atoms with Crippen molar-refractivity contribution in [1.82, 2.24) is 25.3 Å². The van der Waals surface area contributed by atoms with Gasteiger partial charge in [0.25, 0.3) is 5.91 Å². The molecule has 3 heterocycles. The smallest absolute Gasteiger partial charge is 0.253 e. The lowest BCUT2D eigenvalue weighted by molar-refractivity contribution is 0.0676. The van der Waals surface area contributed by atoms with Gasteiger partial charge in [-0.25, -0.2) is 4.98 Å². The first-order chi connectivity index (χ1) is 11.2. The van der Waals surface area contributed by atoms with Crippen molar-refractivity contribution >= 4 is 28.3 Å². The summed E-state index contributed by atoms with van der Waals surface area (Å²) in [5.74, 6) is 0.0658. The van der Waals surface area contributed by atoms with E-state index >= 15 is 0 Å². The first kappa shape index (κ1) is 14.3. The van der Waals surface area contributed by atoms with Gasteiger partial charge in [-0.05, 0) is 31.0 Å². The molecule has 1 aliphatic rings. The van der Waals surface area contributed by atoms with Crippen LogP contribution < -0.4 is 0 Å². The van der Waals surface area contributed by atoms with Crippen molar-refractivity contribution < 1.29 is 4.79 Å². The lowest BCUT2D eigenvalue weighted by Crippen LogP contribution is -2.43. The van der Waals surface area contributed by atoms with Crippen molar-refractivity contribution in [1.29, 1.82) is 0 Å². The largest absolute Gasteiger partial charge is 0.339 e. The van der Waals surface area contributed by atoms with E-state index in [1.165, 1.54) is 5.01 Å². The zero-order valence-electron chi connectivity index (χ0n) is 12.8. The first-order valence-corrected chi connectivity index (χ1v) is 8.53. The molecule has 1 fully saturated rings. The van der Waals surface area contributed by atoms with Crippen molar-refractivity contribution in [3.05, 3.63) is 40.3 Å². The second-order valence-corrected chi connectivity index (χ2v) is 7.11. The van der Waals surface area contributed by atoms with Crippen LogP contribution in [0.2, 0.25) is 0 Å². The van der Waals surface area contributed by atoms with Gasteiger partial charge in [0.05, 0.1) is 5.01 Å². The SMILES string of the molecule is CC1(c2nccs2)CCN(C(=O)c2ccc3n[nH]nc3c2)CC1. The predicted octanol–water partition coefficient (Wildman–Crippen LogP) is 2.61. The van der Waals surface area contributed by atoms with Crippen molar-refractivity contribution in [3.8, 4) is 0 Å². The third-order valence-corrected chi connectivity index (χ3v) is 5.75. The Hall–Kier alpha value is -2.28. The molecular weight excluding hydrogens is 310 g/mol. The van der Waals surface area contributed by atoms with E-state index in [1.54, 1.807) is 17.4 Å². The van der Waals surface area contributed by atoms with Crippen molar-refractivity contribution in [2.45, 2.75) is 25.2 Å². The highest BCUT2D eigenvalue weighted by molar-refractivity contribution is 7.09. The summed E-state index contributed by atoms with van der Waals surface area (Å²) in [6.45, 7) is 3.76. The highest BCUT2D eigenvalue weighted by atomic mass is 32.1. The third-order valence-electron chi connectivity index (χ3n) is 4.67. The monoisotopic (exact) mass is 327 g/mol. The second kappa shape index (κ2) is 5.42. The summed E-state index contributed by atoms with van der Waals surface area (Å²) in [5, 5.41) is 13.8. The fourth-order valence-corrected chi connectivity index (χ4v) is 3.96. The fourth-order valence-electron chi connectivity index (χ4n) is 3.09. The summed E-state index contributed by atoms with van der Waals surface area (Å²) in [6.07, 6.45) is 3.74. The fraction of sp³-hybridized carbons (Fsp3) is 0.375. The molecule has 0 saturated carbocycles. The molecule has 4 rings (SSSR count). The number of nitrogens with one attached hydrogen (secondary N) is 1. The molecule has 23 heavy (non-hydrogen) atoms. The number of aromatic nitrogens is 4. The Balaban J connectivity index is 1.50.